The van der Waals surface area contributed by atoms with Crippen molar-refractivity contribution in [3.05, 3.63) is 0 Å². The van der Waals surface area contributed by atoms with E-state index in [-0.39, 0.29) is 181 Å². The Morgan fingerprint density at radius 2 is 0.286 bits per heavy atom. The van der Waals surface area contributed by atoms with E-state index in [0.717, 1.165) is 0 Å². The van der Waals surface area contributed by atoms with Crippen LogP contribution in [0.1, 0.15) is 0 Å². The molecular formula is Ca3Cu4. The molecule has 7 heavy (non-hydrogen) atoms. The molecule has 0 fully saturated rings. The summed E-state index contributed by atoms with van der Waals surface area (Å²) in [4.78, 5) is 0. The van der Waals surface area contributed by atoms with Gasteiger partial charge in [0.25, 0.3) is 0 Å². The second-order valence-electron chi connectivity index (χ2n) is 0. The second kappa shape index (κ2) is 40.7. The van der Waals surface area contributed by atoms with Crippen LogP contribution in [0.15, 0.2) is 0 Å². The summed E-state index contributed by atoms with van der Waals surface area (Å²) >= 11 is 0. The molecule has 0 aliphatic rings. The number of hydrogen-bond donors (Lipinski definition) is 0. The van der Waals surface area contributed by atoms with E-state index in [1.165, 1.54) is 0 Å². The van der Waals surface area contributed by atoms with Crippen molar-refractivity contribution in [3.63, 3.8) is 0 Å². The Morgan fingerprint density at radius 3 is 0.286 bits per heavy atom. The van der Waals surface area contributed by atoms with Gasteiger partial charge in [-0.2, -0.15) is 0 Å². The summed E-state index contributed by atoms with van der Waals surface area (Å²) in [6.45, 7) is 0. The quantitative estimate of drug-likeness (QED) is 0.470. The molecule has 0 nitrogen and oxygen atoms in total. The van der Waals surface area contributed by atoms with E-state index < -0.39 is 0 Å². The average Bonchev–Trinajstić information content (AvgIpc) is 0. The number of hydrogen-bond acceptors (Lipinski definition) is 0. The smallest absolute Gasteiger partial charge is 0 e. The Hall–Kier alpha value is 5.86. The predicted octanol–water partition coefficient (Wildman–Crippen LogP) is -1.15. The zero-order valence-electron chi connectivity index (χ0n) is 3.33. The van der Waals surface area contributed by atoms with E-state index in [1.54, 1.807) is 0 Å². The molecule has 0 heterocycles. The van der Waals surface area contributed by atoms with Gasteiger partial charge in [-0.25, -0.2) is 0 Å². The standard InChI is InChI=1S/3Ca.4Cu. The first kappa shape index (κ1) is 52.7. The zero-order chi connectivity index (χ0) is 0. The van der Waals surface area contributed by atoms with Crippen LogP contribution in [-0.4, -0.2) is 113 Å². The Morgan fingerprint density at radius 1 is 0.286 bits per heavy atom. The Labute approximate surface area is 176 Å². The van der Waals surface area contributed by atoms with Gasteiger partial charge in [0.2, 0.25) is 0 Å². The van der Waals surface area contributed by atoms with Crippen molar-refractivity contribution in [2.75, 3.05) is 0 Å². The minimum Gasteiger partial charge on any atom is 0 e. The molecule has 0 amide bonds. The predicted molar refractivity (Wildman–Crippen MR) is 17.3 cm³/mol. The van der Waals surface area contributed by atoms with Crippen LogP contribution in [0.25, 0.3) is 0 Å². The molecule has 0 atom stereocenters. The fourth-order valence-electron chi connectivity index (χ4n) is 0. The molecule has 0 saturated heterocycles. The second-order valence-corrected chi connectivity index (χ2v) is 0. The molecule has 10 radical (unpaired) electrons. The Bertz CT molecular complexity index is 6.90. The van der Waals surface area contributed by atoms with Crippen LogP contribution in [0.4, 0.5) is 0 Å². The van der Waals surface area contributed by atoms with Gasteiger partial charge in [0.05, 0.1) is 0 Å². The zero-order valence-corrected chi connectivity index (χ0v) is 13.7. The van der Waals surface area contributed by atoms with Crippen LogP contribution in [0.2, 0.25) is 0 Å². The van der Waals surface area contributed by atoms with Gasteiger partial charge in [0.1, 0.15) is 0 Å². The average molecular weight is 374 g/mol. The maximum atomic E-state index is 0. The molecule has 0 aliphatic heterocycles. The molecule has 50 valence electrons. The molecule has 0 saturated carbocycles. The first-order valence-corrected chi connectivity index (χ1v) is 0. The van der Waals surface area contributed by atoms with Crippen molar-refractivity contribution < 1.29 is 68.3 Å². The van der Waals surface area contributed by atoms with Gasteiger partial charge in [-0.3, -0.25) is 0 Å². The van der Waals surface area contributed by atoms with E-state index in [9.17, 15) is 0 Å². The molecule has 0 aromatic carbocycles. The molecule has 0 unspecified atom stereocenters. The Kier molecular flexibility index (Phi) is 307. The summed E-state index contributed by atoms with van der Waals surface area (Å²) < 4.78 is 0. The summed E-state index contributed by atoms with van der Waals surface area (Å²) in [6, 6.07) is 0. The normalized spacial score (nSPS) is 0. The van der Waals surface area contributed by atoms with Crippen LogP contribution in [0.5, 0.6) is 0 Å². The molecule has 0 aromatic rings. The van der Waals surface area contributed by atoms with Crippen LogP contribution >= 0.6 is 0 Å². The molecular weight excluding hydrogens is 374 g/mol. The summed E-state index contributed by atoms with van der Waals surface area (Å²) in [5.74, 6) is 0. The van der Waals surface area contributed by atoms with Crippen molar-refractivity contribution in [2.45, 2.75) is 0 Å². The topological polar surface area (TPSA) is 0 Å². The van der Waals surface area contributed by atoms with Gasteiger partial charge in [-0.1, -0.05) is 0 Å². The van der Waals surface area contributed by atoms with Crippen molar-refractivity contribution in [1.29, 1.82) is 0 Å². The monoisotopic (exact) mass is 372 g/mol. The van der Waals surface area contributed by atoms with Gasteiger partial charge in [0, 0.05) is 181 Å². The van der Waals surface area contributed by atoms with Gasteiger partial charge in [-0.05, 0) is 0 Å². The summed E-state index contributed by atoms with van der Waals surface area (Å²) in [7, 11) is 0. The SMILES string of the molecule is [Ca].[Ca].[Ca].[Cu].[Cu].[Cu].[Cu]. The fraction of sp³-hybridized carbons (Fsp3) is 0. The first-order chi connectivity index (χ1) is 0. The van der Waals surface area contributed by atoms with E-state index in [1.807, 2.05) is 0 Å². The summed E-state index contributed by atoms with van der Waals surface area (Å²) in [5.41, 5.74) is 0. The third-order valence-corrected chi connectivity index (χ3v) is 0. The molecule has 0 aromatic heterocycles. The van der Waals surface area contributed by atoms with Gasteiger partial charge >= 0.3 is 0 Å². The van der Waals surface area contributed by atoms with Gasteiger partial charge < -0.3 is 0 Å². The molecule has 0 rings (SSSR count). The fourth-order valence-corrected chi connectivity index (χ4v) is 0. The molecule has 0 aliphatic carbocycles. The maximum Gasteiger partial charge on any atom is 0 e. The van der Waals surface area contributed by atoms with E-state index in [4.69, 9.17) is 0 Å². The van der Waals surface area contributed by atoms with Crippen molar-refractivity contribution in [2.24, 2.45) is 0 Å². The van der Waals surface area contributed by atoms with Crippen LogP contribution in [-0.2, 0) is 68.3 Å². The first-order valence-electron chi connectivity index (χ1n) is 0. The molecule has 0 spiro atoms. The van der Waals surface area contributed by atoms with Gasteiger partial charge in [-0.15, -0.1) is 0 Å². The van der Waals surface area contributed by atoms with Crippen LogP contribution < -0.4 is 0 Å². The number of rotatable bonds is 0. The third-order valence-electron chi connectivity index (χ3n) is 0. The Balaban J connectivity index is 0. The summed E-state index contributed by atoms with van der Waals surface area (Å²) in [6.07, 6.45) is 0. The minimum atomic E-state index is 0. The largest absolute Gasteiger partial charge is 0 e. The molecule has 0 bridgehead atoms. The van der Waals surface area contributed by atoms with Crippen LogP contribution in [0, 0.1) is 0 Å². The van der Waals surface area contributed by atoms with Crippen LogP contribution in [0.3, 0.4) is 0 Å². The van der Waals surface area contributed by atoms with E-state index in [0.29, 0.717) is 0 Å². The van der Waals surface area contributed by atoms with Crippen molar-refractivity contribution in [3.8, 4) is 0 Å². The van der Waals surface area contributed by atoms with Crippen molar-refractivity contribution in [1.82, 2.24) is 0 Å². The molecule has 7 heteroatoms. The van der Waals surface area contributed by atoms with E-state index in [2.05, 4.69) is 0 Å². The summed E-state index contributed by atoms with van der Waals surface area (Å²) in [5, 5.41) is 0. The van der Waals surface area contributed by atoms with Crippen molar-refractivity contribution >= 4 is 113 Å². The van der Waals surface area contributed by atoms with E-state index >= 15 is 0 Å². The van der Waals surface area contributed by atoms with Gasteiger partial charge in [0.15, 0.2) is 0 Å². The third kappa shape index (κ3) is 33.6. The minimum absolute atomic E-state index is 0. The molecule has 0 N–H and O–H groups in total. The maximum absolute atomic E-state index is 0.